The number of H-pyrrole nitrogens is 1. The van der Waals surface area contributed by atoms with Crippen LogP contribution in [-0.4, -0.2) is 24.7 Å². The fourth-order valence-corrected chi connectivity index (χ4v) is 1.70. The van der Waals surface area contributed by atoms with Gasteiger partial charge in [-0.3, -0.25) is 9.78 Å². The van der Waals surface area contributed by atoms with Gasteiger partial charge in [-0.05, 0) is 23.7 Å². The van der Waals surface area contributed by atoms with Gasteiger partial charge in [-0.2, -0.15) is 14.8 Å². The molecule has 0 saturated heterocycles. The maximum absolute atomic E-state index is 11.6. The van der Waals surface area contributed by atoms with E-state index in [9.17, 15) is 4.79 Å². The molecule has 0 fully saturated rings. The first-order valence-electron chi connectivity index (χ1n) is 4.80. The Morgan fingerprint density at radius 3 is 3.00 bits per heavy atom. The van der Waals surface area contributed by atoms with E-state index in [2.05, 4.69) is 20.1 Å². The smallest absolute Gasteiger partial charge is 0.262 e. The summed E-state index contributed by atoms with van der Waals surface area (Å²) in [5.74, 6) is 0.580. The molecule has 3 aromatic rings. The second-order valence-corrected chi connectivity index (χ2v) is 3.70. The first-order valence-corrected chi connectivity index (χ1v) is 5.18. The number of hydrogen-bond donors (Lipinski definition) is 1. The standard InChI is InChI=1S/C10H6ClN5O/c11-10-14-8-6(9(17)15-10)5-13-16(8)7-3-1-2-4-12-7/h1-5H,(H,14,15,17). The van der Waals surface area contributed by atoms with Crippen molar-refractivity contribution in [1.29, 1.82) is 0 Å². The van der Waals surface area contributed by atoms with Gasteiger partial charge in [0.1, 0.15) is 5.39 Å². The van der Waals surface area contributed by atoms with E-state index in [1.165, 1.54) is 10.9 Å². The summed E-state index contributed by atoms with van der Waals surface area (Å²) in [6.45, 7) is 0. The van der Waals surface area contributed by atoms with Gasteiger partial charge in [0.15, 0.2) is 11.5 Å². The largest absolute Gasteiger partial charge is 0.296 e. The summed E-state index contributed by atoms with van der Waals surface area (Å²) in [5.41, 5.74) is 0.0691. The van der Waals surface area contributed by atoms with Crippen molar-refractivity contribution in [3.05, 3.63) is 46.2 Å². The predicted octanol–water partition coefficient (Wildman–Crippen LogP) is 1.16. The molecule has 0 aliphatic heterocycles. The van der Waals surface area contributed by atoms with Crippen molar-refractivity contribution in [2.45, 2.75) is 0 Å². The average molecular weight is 248 g/mol. The summed E-state index contributed by atoms with van der Waals surface area (Å²) in [6.07, 6.45) is 3.07. The van der Waals surface area contributed by atoms with Crippen LogP contribution < -0.4 is 5.56 Å². The SMILES string of the molecule is O=c1[nH]c(Cl)nc2c1cnn2-c1ccccn1. The summed E-state index contributed by atoms with van der Waals surface area (Å²) >= 11 is 5.71. The molecule has 0 atom stereocenters. The summed E-state index contributed by atoms with van der Waals surface area (Å²) in [6, 6.07) is 5.39. The number of hydrogen-bond acceptors (Lipinski definition) is 4. The van der Waals surface area contributed by atoms with Gasteiger partial charge in [-0.15, -0.1) is 0 Å². The highest BCUT2D eigenvalue weighted by Gasteiger charge is 2.10. The molecule has 0 aliphatic carbocycles. The van der Waals surface area contributed by atoms with E-state index < -0.39 is 0 Å². The molecular weight excluding hydrogens is 242 g/mol. The Labute approximate surface area is 99.9 Å². The van der Waals surface area contributed by atoms with Gasteiger partial charge in [0, 0.05) is 6.20 Å². The number of halogens is 1. The van der Waals surface area contributed by atoms with E-state index in [4.69, 9.17) is 11.6 Å². The summed E-state index contributed by atoms with van der Waals surface area (Å²) in [4.78, 5) is 22.2. The lowest BCUT2D eigenvalue weighted by molar-refractivity contribution is 0.861. The molecule has 0 aromatic carbocycles. The van der Waals surface area contributed by atoms with Gasteiger partial charge in [-0.25, -0.2) is 4.98 Å². The van der Waals surface area contributed by atoms with Gasteiger partial charge in [-0.1, -0.05) is 6.07 Å². The Hall–Kier alpha value is -2.21. The quantitative estimate of drug-likeness (QED) is 0.655. The van der Waals surface area contributed by atoms with E-state index in [1.54, 1.807) is 18.3 Å². The molecule has 0 spiro atoms. The van der Waals surface area contributed by atoms with E-state index in [0.717, 1.165) is 0 Å². The van der Waals surface area contributed by atoms with Crippen LogP contribution in [0.25, 0.3) is 16.9 Å². The van der Waals surface area contributed by atoms with Crippen LogP contribution in [0.3, 0.4) is 0 Å². The Kier molecular flexibility index (Phi) is 2.15. The average Bonchev–Trinajstić information content (AvgIpc) is 2.74. The summed E-state index contributed by atoms with van der Waals surface area (Å²) in [7, 11) is 0. The van der Waals surface area contributed by atoms with Crippen molar-refractivity contribution >= 4 is 22.6 Å². The van der Waals surface area contributed by atoms with Crippen LogP contribution in [0.1, 0.15) is 0 Å². The first-order chi connectivity index (χ1) is 8.25. The zero-order valence-electron chi connectivity index (χ0n) is 8.46. The van der Waals surface area contributed by atoms with Crippen LogP contribution in [0.2, 0.25) is 5.28 Å². The predicted molar refractivity (Wildman–Crippen MR) is 62.3 cm³/mol. The normalized spacial score (nSPS) is 10.9. The lowest BCUT2D eigenvalue weighted by Gasteiger charge is -2.00. The molecule has 0 saturated carbocycles. The van der Waals surface area contributed by atoms with Crippen LogP contribution in [-0.2, 0) is 0 Å². The summed E-state index contributed by atoms with van der Waals surface area (Å²) < 4.78 is 1.47. The van der Waals surface area contributed by atoms with Crippen molar-refractivity contribution in [2.24, 2.45) is 0 Å². The number of pyridine rings is 1. The molecule has 3 heterocycles. The Morgan fingerprint density at radius 2 is 2.24 bits per heavy atom. The first kappa shape index (κ1) is 9.98. The van der Waals surface area contributed by atoms with Gasteiger partial charge in [0.25, 0.3) is 5.56 Å². The van der Waals surface area contributed by atoms with E-state index in [1.807, 2.05) is 6.07 Å². The molecule has 6 nitrogen and oxygen atoms in total. The fraction of sp³-hybridized carbons (Fsp3) is 0. The van der Waals surface area contributed by atoms with Gasteiger partial charge in [0.05, 0.1) is 6.20 Å². The molecule has 0 radical (unpaired) electrons. The van der Waals surface area contributed by atoms with Crippen LogP contribution >= 0.6 is 11.6 Å². The minimum Gasteiger partial charge on any atom is -0.296 e. The molecule has 7 heteroatoms. The second-order valence-electron chi connectivity index (χ2n) is 3.34. The number of nitrogens with zero attached hydrogens (tertiary/aromatic N) is 4. The van der Waals surface area contributed by atoms with Crippen molar-refractivity contribution in [3.8, 4) is 5.82 Å². The zero-order valence-corrected chi connectivity index (χ0v) is 9.22. The molecule has 17 heavy (non-hydrogen) atoms. The highest BCUT2D eigenvalue weighted by atomic mass is 35.5. The number of nitrogens with one attached hydrogen (secondary N) is 1. The monoisotopic (exact) mass is 247 g/mol. The van der Waals surface area contributed by atoms with Gasteiger partial charge >= 0.3 is 0 Å². The van der Waals surface area contributed by atoms with E-state index in [-0.39, 0.29) is 10.8 Å². The molecular formula is C10H6ClN5O. The maximum Gasteiger partial charge on any atom is 0.262 e. The Balaban J connectivity index is 2.36. The van der Waals surface area contributed by atoms with Crippen molar-refractivity contribution in [1.82, 2.24) is 24.7 Å². The minimum atomic E-state index is -0.317. The van der Waals surface area contributed by atoms with Crippen LogP contribution in [0, 0.1) is 0 Å². The highest BCUT2D eigenvalue weighted by Crippen LogP contribution is 2.12. The maximum atomic E-state index is 11.6. The third-order valence-electron chi connectivity index (χ3n) is 2.28. The van der Waals surface area contributed by atoms with Crippen LogP contribution in [0.15, 0.2) is 35.4 Å². The molecule has 0 amide bonds. The minimum absolute atomic E-state index is 0.0279. The molecule has 3 aromatic heterocycles. The number of rotatable bonds is 1. The molecule has 1 N–H and O–H groups in total. The Bertz CT molecular complexity index is 733. The molecule has 0 aliphatic rings. The van der Waals surface area contributed by atoms with E-state index >= 15 is 0 Å². The zero-order chi connectivity index (χ0) is 11.8. The third-order valence-corrected chi connectivity index (χ3v) is 2.45. The Morgan fingerprint density at radius 1 is 1.35 bits per heavy atom. The number of aromatic amines is 1. The van der Waals surface area contributed by atoms with Crippen molar-refractivity contribution in [2.75, 3.05) is 0 Å². The highest BCUT2D eigenvalue weighted by molar-refractivity contribution is 6.28. The van der Waals surface area contributed by atoms with E-state index in [0.29, 0.717) is 16.9 Å². The van der Waals surface area contributed by atoms with Crippen LogP contribution in [0.5, 0.6) is 0 Å². The second kappa shape index (κ2) is 3.67. The molecule has 0 unspecified atom stereocenters. The van der Waals surface area contributed by atoms with Gasteiger partial charge < -0.3 is 0 Å². The lowest BCUT2D eigenvalue weighted by atomic mass is 10.4. The van der Waals surface area contributed by atoms with Crippen molar-refractivity contribution in [3.63, 3.8) is 0 Å². The molecule has 84 valence electrons. The summed E-state index contributed by atoms with van der Waals surface area (Å²) in [5, 5.41) is 4.48. The topological polar surface area (TPSA) is 76.5 Å². The molecule has 3 rings (SSSR count). The molecule has 0 bridgehead atoms. The number of fused-ring (bicyclic) bond motifs is 1. The van der Waals surface area contributed by atoms with Crippen LogP contribution in [0.4, 0.5) is 0 Å². The lowest BCUT2D eigenvalue weighted by Crippen LogP contribution is -2.08. The van der Waals surface area contributed by atoms with Crippen molar-refractivity contribution < 1.29 is 0 Å². The van der Waals surface area contributed by atoms with Gasteiger partial charge in [0.2, 0.25) is 5.28 Å². The fourth-order valence-electron chi connectivity index (χ4n) is 1.54. The third kappa shape index (κ3) is 1.58. The number of aromatic nitrogens is 5.